The topological polar surface area (TPSA) is 143 Å². The zero-order valence-electron chi connectivity index (χ0n) is 15.3. The van der Waals surface area contributed by atoms with E-state index >= 15 is 0 Å². The second-order valence-electron chi connectivity index (χ2n) is 6.41. The number of hydrogen-bond donors (Lipinski definition) is 4. The highest BCUT2D eigenvalue weighted by molar-refractivity contribution is 5.83. The van der Waals surface area contributed by atoms with Crippen LogP contribution >= 0.6 is 0 Å². The summed E-state index contributed by atoms with van der Waals surface area (Å²) >= 11 is 0. The number of aliphatic hydroxyl groups excluding tert-OH is 3. The Morgan fingerprint density at radius 2 is 2.04 bits per heavy atom. The Balaban J connectivity index is 1.87. The van der Waals surface area contributed by atoms with Crippen LogP contribution in [0.2, 0.25) is 0 Å². The van der Waals surface area contributed by atoms with Gasteiger partial charge in [-0.25, -0.2) is 9.59 Å². The van der Waals surface area contributed by atoms with Crippen molar-refractivity contribution < 1.29 is 29.6 Å². The number of amides is 1. The first kappa shape index (κ1) is 21.3. The minimum absolute atomic E-state index is 0.000948. The van der Waals surface area contributed by atoms with Crippen molar-refractivity contribution in [3.05, 3.63) is 22.7 Å². The van der Waals surface area contributed by atoms with Crippen LogP contribution in [-0.4, -0.2) is 62.5 Å². The summed E-state index contributed by atoms with van der Waals surface area (Å²) in [6.45, 7) is 1.91. The van der Waals surface area contributed by atoms with E-state index in [0.29, 0.717) is 0 Å². The van der Waals surface area contributed by atoms with Crippen LogP contribution in [0, 0.1) is 0 Å². The first-order chi connectivity index (χ1) is 13.0. The molecule has 1 saturated heterocycles. The summed E-state index contributed by atoms with van der Waals surface area (Å²) in [7, 11) is 0. The molecule has 1 amide bonds. The average Bonchev–Trinajstić information content (AvgIpc) is 2.93. The lowest BCUT2D eigenvalue weighted by Crippen LogP contribution is -2.36. The van der Waals surface area contributed by atoms with Gasteiger partial charge in [-0.2, -0.15) is 4.98 Å². The SMILES string of the molecule is CCCCCCCOC(=O)Nc1ccn([C@@H]2O[C@H](CO)[C@@H](O)[C@@H]2O)c(=O)n1. The third-order valence-electron chi connectivity index (χ3n) is 4.33. The van der Waals surface area contributed by atoms with Gasteiger partial charge in [-0.05, 0) is 12.5 Å². The molecule has 4 N–H and O–H groups in total. The molecule has 0 aromatic carbocycles. The average molecular weight is 385 g/mol. The van der Waals surface area contributed by atoms with E-state index in [2.05, 4.69) is 17.2 Å². The number of unbranched alkanes of at least 4 members (excludes halogenated alkanes) is 4. The second kappa shape index (κ2) is 10.4. The Labute approximate surface area is 156 Å². The Kier molecular flexibility index (Phi) is 8.17. The standard InChI is InChI=1S/C17H27N3O7/c1-2-3-4-5-6-9-26-17(25)19-12-7-8-20(16(24)18-12)15-14(23)13(22)11(10-21)27-15/h7-8,11,13-15,21-23H,2-6,9-10H2,1H3,(H,18,19,24,25)/t11-,13-,14+,15-/m1/s1. The van der Waals surface area contributed by atoms with Gasteiger partial charge in [0, 0.05) is 6.20 Å². The van der Waals surface area contributed by atoms with Crippen LogP contribution in [0.3, 0.4) is 0 Å². The van der Waals surface area contributed by atoms with Crippen molar-refractivity contribution in [3.63, 3.8) is 0 Å². The summed E-state index contributed by atoms with van der Waals surface area (Å²) in [5.74, 6) is -0.000948. The van der Waals surface area contributed by atoms with E-state index in [1.54, 1.807) is 0 Å². The highest BCUT2D eigenvalue weighted by Crippen LogP contribution is 2.28. The molecule has 10 nitrogen and oxygen atoms in total. The number of carbonyl (C=O) groups is 1. The molecule has 0 radical (unpaired) electrons. The minimum Gasteiger partial charge on any atom is -0.449 e. The van der Waals surface area contributed by atoms with Crippen LogP contribution in [0.25, 0.3) is 0 Å². The number of hydrogen-bond acceptors (Lipinski definition) is 8. The zero-order valence-corrected chi connectivity index (χ0v) is 15.3. The van der Waals surface area contributed by atoms with E-state index in [1.807, 2.05) is 0 Å². The number of ether oxygens (including phenoxy) is 2. The van der Waals surface area contributed by atoms with E-state index in [-0.39, 0.29) is 12.4 Å². The van der Waals surface area contributed by atoms with Crippen molar-refractivity contribution >= 4 is 11.9 Å². The van der Waals surface area contributed by atoms with Crippen molar-refractivity contribution in [2.75, 3.05) is 18.5 Å². The number of aromatic nitrogens is 2. The molecule has 1 fully saturated rings. The largest absolute Gasteiger partial charge is 0.449 e. The Hall–Kier alpha value is -2.01. The first-order valence-corrected chi connectivity index (χ1v) is 9.13. The number of aliphatic hydroxyl groups is 3. The number of rotatable bonds is 9. The fourth-order valence-corrected chi connectivity index (χ4v) is 2.80. The van der Waals surface area contributed by atoms with Gasteiger partial charge >= 0.3 is 11.8 Å². The Morgan fingerprint density at radius 1 is 1.30 bits per heavy atom. The van der Waals surface area contributed by atoms with E-state index < -0.39 is 42.9 Å². The Bertz CT molecular complexity index is 666. The summed E-state index contributed by atoms with van der Waals surface area (Å²) in [4.78, 5) is 27.6. The molecule has 1 aromatic rings. The number of nitrogens with one attached hydrogen (secondary N) is 1. The molecule has 2 heterocycles. The number of nitrogens with zero attached hydrogens (tertiary/aromatic N) is 2. The van der Waals surface area contributed by atoms with Crippen molar-refractivity contribution in [2.24, 2.45) is 0 Å². The molecule has 1 aliphatic rings. The molecule has 10 heteroatoms. The molecule has 27 heavy (non-hydrogen) atoms. The number of anilines is 1. The summed E-state index contributed by atoms with van der Waals surface area (Å²) in [6.07, 6.45) is 0.829. The van der Waals surface area contributed by atoms with Gasteiger partial charge in [0.05, 0.1) is 13.2 Å². The second-order valence-corrected chi connectivity index (χ2v) is 6.41. The van der Waals surface area contributed by atoms with E-state index in [9.17, 15) is 19.8 Å². The lowest BCUT2D eigenvalue weighted by molar-refractivity contribution is -0.0549. The van der Waals surface area contributed by atoms with Crippen LogP contribution < -0.4 is 11.0 Å². The van der Waals surface area contributed by atoms with Gasteiger partial charge in [0.15, 0.2) is 6.23 Å². The van der Waals surface area contributed by atoms with Crippen LogP contribution in [0.15, 0.2) is 17.1 Å². The maximum atomic E-state index is 12.1. The zero-order chi connectivity index (χ0) is 19.8. The third-order valence-corrected chi connectivity index (χ3v) is 4.33. The first-order valence-electron chi connectivity index (χ1n) is 9.13. The Morgan fingerprint density at radius 3 is 2.67 bits per heavy atom. The highest BCUT2D eigenvalue weighted by Gasteiger charge is 2.43. The molecule has 1 aromatic heterocycles. The molecule has 2 rings (SSSR count). The van der Waals surface area contributed by atoms with E-state index in [0.717, 1.165) is 36.7 Å². The molecule has 152 valence electrons. The van der Waals surface area contributed by atoms with Crippen molar-refractivity contribution in [1.82, 2.24) is 9.55 Å². The molecule has 0 bridgehead atoms. The monoisotopic (exact) mass is 385 g/mol. The molecule has 0 saturated carbocycles. The minimum atomic E-state index is -1.39. The van der Waals surface area contributed by atoms with Crippen molar-refractivity contribution in [2.45, 2.75) is 63.6 Å². The highest BCUT2D eigenvalue weighted by atomic mass is 16.6. The maximum absolute atomic E-state index is 12.1. The van der Waals surface area contributed by atoms with Gasteiger partial charge < -0.3 is 24.8 Å². The molecule has 1 aliphatic heterocycles. The third kappa shape index (κ3) is 5.73. The molecular formula is C17H27N3O7. The van der Waals surface area contributed by atoms with E-state index in [1.165, 1.54) is 12.3 Å². The predicted molar refractivity (Wildman–Crippen MR) is 95.2 cm³/mol. The van der Waals surface area contributed by atoms with Crippen molar-refractivity contribution in [1.29, 1.82) is 0 Å². The fraction of sp³-hybridized carbons (Fsp3) is 0.706. The normalized spacial score (nSPS) is 24.7. The predicted octanol–water partition coefficient (Wildman–Crippen LogP) is 0.374. The quantitative estimate of drug-likeness (QED) is 0.447. The van der Waals surface area contributed by atoms with Crippen LogP contribution in [-0.2, 0) is 9.47 Å². The van der Waals surface area contributed by atoms with Gasteiger partial charge in [0.1, 0.15) is 24.1 Å². The molecular weight excluding hydrogens is 358 g/mol. The number of carbonyl (C=O) groups excluding carboxylic acids is 1. The lowest BCUT2D eigenvalue weighted by Gasteiger charge is -2.17. The van der Waals surface area contributed by atoms with Gasteiger partial charge in [-0.1, -0.05) is 32.6 Å². The van der Waals surface area contributed by atoms with Crippen LogP contribution in [0.4, 0.5) is 10.6 Å². The lowest BCUT2D eigenvalue weighted by atomic mass is 10.1. The summed E-state index contributed by atoms with van der Waals surface area (Å²) in [6, 6.07) is 1.35. The molecule has 0 unspecified atom stereocenters. The smallest absolute Gasteiger partial charge is 0.412 e. The van der Waals surface area contributed by atoms with Crippen molar-refractivity contribution in [3.8, 4) is 0 Å². The van der Waals surface area contributed by atoms with Gasteiger partial charge in [-0.3, -0.25) is 9.88 Å². The van der Waals surface area contributed by atoms with Gasteiger partial charge in [0.25, 0.3) is 0 Å². The van der Waals surface area contributed by atoms with Crippen LogP contribution in [0.5, 0.6) is 0 Å². The van der Waals surface area contributed by atoms with Crippen LogP contribution in [0.1, 0.15) is 45.3 Å². The summed E-state index contributed by atoms with van der Waals surface area (Å²) in [5.41, 5.74) is -0.790. The molecule has 4 atom stereocenters. The molecule has 0 spiro atoms. The maximum Gasteiger partial charge on any atom is 0.412 e. The molecule has 0 aliphatic carbocycles. The summed E-state index contributed by atoms with van der Waals surface area (Å²) in [5, 5.41) is 31.2. The fourth-order valence-electron chi connectivity index (χ4n) is 2.80. The summed E-state index contributed by atoms with van der Waals surface area (Å²) < 4.78 is 11.3. The van der Waals surface area contributed by atoms with Gasteiger partial charge in [-0.15, -0.1) is 0 Å². The van der Waals surface area contributed by atoms with Gasteiger partial charge in [0.2, 0.25) is 0 Å². The van der Waals surface area contributed by atoms with E-state index in [4.69, 9.17) is 14.6 Å².